The highest BCUT2D eigenvalue weighted by Gasteiger charge is 2.36. The molecule has 2 aliphatic heterocycles. The van der Waals surface area contributed by atoms with Crippen LogP contribution in [-0.4, -0.2) is 66.2 Å². The maximum Gasteiger partial charge on any atom is 0.503 e. The normalized spacial score (nSPS) is 21.0. The fraction of sp³-hybridized carbons (Fsp3) is 0.923. The van der Waals surface area contributed by atoms with Crippen molar-refractivity contribution in [3.05, 3.63) is 0 Å². The minimum absolute atomic E-state index is 0.139. The molecule has 0 aromatic rings. The van der Waals surface area contributed by atoms with Crippen molar-refractivity contribution in [1.82, 2.24) is 0 Å². The van der Waals surface area contributed by atoms with Crippen molar-refractivity contribution in [2.45, 2.75) is 26.7 Å². The molecule has 4 N–H and O–H groups in total. The molecule has 0 spiro atoms. The maximum absolute atomic E-state index is 8.76. The average Bonchev–Trinajstić information content (AvgIpc) is 2.29. The standard InChI is InChI=1S/2C6H12O2.CH2O3/c2*1-2-6(3-7)4-8-5-6;2-1(3)4/h2*7H,2-5H2,1H3;(H2,2,3,4). The summed E-state index contributed by atoms with van der Waals surface area (Å²) in [6.07, 6.45) is 0.229. The number of aliphatic hydroxyl groups is 2. The van der Waals surface area contributed by atoms with E-state index in [-0.39, 0.29) is 24.0 Å². The Labute approximate surface area is 119 Å². The smallest absolute Gasteiger partial charge is 0.450 e. The van der Waals surface area contributed by atoms with Crippen LogP contribution in [0.3, 0.4) is 0 Å². The molecule has 0 aromatic carbocycles. The fourth-order valence-electron chi connectivity index (χ4n) is 1.60. The van der Waals surface area contributed by atoms with Crippen LogP contribution >= 0.6 is 0 Å². The Morgan fingerprint density at radius 1 is 0.900 bits per heavy atom. The van der Waals surface area contributed by atoms with E-state index in [0.717, 1.165) is 39.3 Å². The van der Waals surface area contributed by atoms with Crippen LogP contribution < -0.4 is 0 Å². The van der Waals surface area contributed by atoms with Gasteiger partial charge in [0.05, 0.1) is 39.6 Å². The van der Waals surface area contributed by atoms with Gasteiger partial charge in [-0.1, -0.05) is 13.8 Å². The first kappa shape index (κ1) is 19.1. The quantitative estimate of drug-likeness (QED) is 0.612. The van der Waals surface area contributed by atoms with Gasteiger partial charge in [0.15, 0.2) is 0 Å². The number of aliphatic hydroxyl groups excluding tert-OH is 2. The van der Waals surface area contributed by atoms with Gasteiger partial charge >= 0.3 is 6.16 Å². The third-order valence-electron chi connectivity index (χ3n) is 3.80. The van der Waals surface area contributed by atoms with Crippen LogP contribution in [0.25, 0.3) is 0 Å². The second kappa shape index (κ2) is 9.12. The molecule has 0 bridgehead atoms. The minimum Gasteiger partial charge on any atom is -0.450 e. The molecule has 2 heterocycles. The van der Waals surface area contributed by atoms with E-state index in [0.29, 0.717) is 0 Å². The summed E-state index contributed by atoms with van der Waals surface area (Å²) in [6, 6.07) is 0. The summed E-state index contributed by atoms with van der Waals surface area (Å²) in [6.45, 7) is 7.73. The Morgan fingerprint density at radius 3 is 1.15 bits per heavy atom. The molecule has 20 heavy (non-hydrogen) atoms. The van der Waals surface area contributed by atoms with E-state index in [2.05, 4.69) is 13.8 Å². The molecule has 0 aromatic heterocycles. The van der Waals surface area contributed by atoms with E-state index in [1.165, 1.54) is 0 Å². The average molecular weight is 294 g/mol. The van der Waals surface area contributed by atoms with Gasteiger partial charge in [-0.05, 0) is 12.8 Å². The van der Waals surface area contributed by atoms with Crippen molar-refractivity contribution in [1.29, 1.82) is 0 Å². The Hall–Kier alpha value is -0.890. The maximum atomic E-state index is 8.76. The highest BCUT2D eigenvalue weighted by atomic mass is 16.6. The molecule has 0 amide bonds. The second-order valence-electron chi connectivity index (χ2n) is 5.29. The van der Waals surface area contributed by atoms with Crippen molar-refractivity contribution in [3.8, 4) is 0 Å². The molecule has 0 saturated carbocycles. The molecule has 2 fully saturated rings. The van der Waals surface area contributed by atoms with Crippen molar-refractivity contribution >= 4 is 6.16 Å². The van der Waals surface area contributed by atoms with Gasteiger partial charge in [-0.15, -0.1) is 0 Å². The number of ether oxygens (including phenoxy) is 2. The van der Waals surface area contributed by atoms with E-state index in [1.54, 1.807) is 0 Å². The third kappa shape index (κ3) is 6.04. The lowest BCUT2D eigenvalue weighted by atomic mass is 9.84. The molecule has 7 heteroatoms. The van der Waals surface area contributed by atoms with Crippen molar-refractivity contribution < 1.29 is 34.7 Å². The Bertz CT molecular complexity index is 219. The Morgan fingerprint density at radius 2 is 1.15 bits per heavy atom. The zero-order valence-electron chi connectivity index (χ0n) is 12.2. The lowest BCUT2D eigenvalue weighted by Crippen LogP contribution is -2.44. The first-order chi connectivity index (χ1) is 9.39. The lowest BCUT2D eigenvalue weighted by molar-refractivity contribution is -0.138. The molecule has 0 atom stereocenters. The van der Waals surface area contributed by atoms with Crippen LogP contribution in [0.15, 0.2) is 0 Å². The van der Waals surface area contributed by atoms with Gasteiger partial charge in [0.2, 0.25) is 0 Å². The van der Waals surface area contributed by atoms with Gasteiger partial charge in [-0.3, -0.25) is 0 Å². The molecule has 2 aliphatic rings. The van der Waals surface area contributed by atoms with Crippen LogP contribution in [0.1, 0.15) is 26.7 Å². The number of rotatable bonds is 4. The summed E-state index contributed by atoms with van der Waals surface area (Å²) in [4.78, 5) is 8.56. The van der Waals surface area contributed by atoms with E-state index in [9.17, 15) is 0 Å². The minimum atomic E-state index is -1.83. The van der Waals surface area contributed by atoms with Crippen LogP contribution in [0.4, 0.5) is 4.79 Å². The lowest BCUT2D eigenvalue weighted by Gasteiger charge is -2.38. The molecule has 2 rings (SSSR count). The molecule has 2 saturated heterocycles. The monoisotopic (exact) mass is 294 g/mol. The highest BCUT2D eigenvalue weighted by molar-refractivity contribution is 5.53. The van der Waals surface area contributed by atoms with Crippen LogP contribution in [0.5, 0.6) is 0 Å². The summed E-state index contributed by atoms with van der Waals surface area (Å²) in [5.41, 5.74) is 0.278. The Balaban J connectivity index is 0.000000289. The predicted molar refractivity (Wildman–Crippen MR) is 71.9 cm³/mol. The third-order valence-corrected chi connectivity index (χ3v) is 3.80. The summed E-state index contributed by atoms with van der Waals surface area (Å²) in [7, 11) is 0. The van der Waals surface area contributed by atoms with Gasteiger partial charge < -0.3 is 29.9 Å². The molecule has 0 radical (unpaired) electrons. The van der Waals surface area contributed by atoms with E-state index >= 15 is 0 Å². The predicted octanol–water partition coefficient (Wildman–Crippen LogP) is 1.03. The molecule has 120 valence electrons. The number of hydrogen-bond acceptors (Lipinski definition) is 5. The fourth-order valence-corrected chi connectivity index (χ4v) is 1.60. The summed E-state index contributed by atoms with van der Waals surface area (Å²) in [5.74, 6) is 0. The second-order valence-corrected chi connectivity index (χ2v) is 5.29. The molecular weight excluding hydrogens is 268 g/mol. The zero-order valence-corrected chi connectivity index (χ0v) is 12.2. The number of carbonyl (C=O) groups is 1. The largest absolute Gasteiger partial charge is 0.503 e. The van der Waals surface area contributed by atoms with Crippen LogP contribution in [-0.2, 0) is 9.47 Å². The van der Waals surface area contributed by atoms with Gasteiger partial charge in [0.1, 0.15) is 0 Å². The first-order valence-corrected chi connectivity index (χ1v) is 6.68. The van der Waals surface area contributed by atoms with E-state index < -0.39 is 6.16 Å². The number of hydrogen-bond donors (Lipinski definition) is 4. The SMILES string of the molecule is CCC1(CO)COC1.CCC1(CO)COC1.O=C(O)O. The summed E-state index contributed by atoms with van der Waals surface area (Å²) in [5, 5.41) is 31.5. The molecule has 7 nitrogen and oxygen atoms in total. The van der Waals surface area contributed by atoms with Crippen molar-refractivity contribution in [3.63, 3.8) is 0 Å². The first-order valence-electron chi connectivity index (χ1n) is 6.68. The molecule has 0 aliphatic carbocycles. The van der Waals surface area contributed by atoms with Gasteiger partial charge in [0.25, 0.3) is 0 Å². The van der Waals surface area contributed by atoms with E-state index in [1.807, 2.05) is 0 Å². The molecule has 0 unspecified atom stereocenters. The Kier molecular flexibility index (Phi) is 8.71. The highest BCUT2D eigenvalue weighted by Crippen LogP contribution is 2.30. The summed E-state index contributed by atoms with van der Waals surface area (Å²) >= 11 is 0. The topological polar surface area (TPSA) is 116 Å². The van der Waals surface area contributed by atoms with Crippen molar-refractivity contribution in [2.24, 2.45) is 10.8 Å². The summed E-state index contributed by atoms with van der Waals surface area (Å²) < 4.78 is 9.92. The van der Waals surface area contributed by atoms with Gasteiger partial charge in [-0.2, -0.15) is 0 Å². The number of carboxylic acid groups (broad SMARTS) is 2. The van der Waals surface area contributed by atoms with Crippen molar-refractivity contribution in [2.75, 3.05) is 39.6 Å². The van der Waals surface area contributed by atoms with E-state index in [4.69, 9.17) is 34.7 Å². The van der Waals surface area contributed by atoms with Crippen LogP contribution in [0.2, 0.25) is 0 Å². The van der Waals surface area contributed by atoms with Gasteiger partial charge in [0, 0.05) is 10.8 Å². The zero-order chi connectivity index (χ0) is 15.6. The van der Waals surface area contributed by atoms with Crippen LogP contribution in [0, 0.1) is 10.8 Å². The van der Waals surface area contributed by atoms with Gasteiger partial charge in [-0.25, -0.2) is 4.79 Å². The molecular formula is C13H26O7.